The minimum absolute atomic E-state index is 0. The largest absolute Gasteiger partial charge is 0.370 e. The number of nitrogens with one attached hydrogen (secondary N) is 1. The molecule has 0 spiro atoms. The second-order valence-electron chi connectivity index (χ2n) is 6.37. The van der Waals surface area contributed by atoms with Gasteiger partial charge in [0.15, 0.2) is 5.96 Å². The van der Waals surface area contributed by atoms with Gasteiger partial charge in [-0.1, -0.05) is 31.4 Å². The fourth-order valence-corrected chi connectivity index (χ4v) is 3.47. The van der Waals surface area contributed by atoms with Gasteiger partial charge in [-0.2, -0.15) is 0 Å². The minimum Gasteiger partial charge on any atom is -0.370 e. The van der Waals surface area contributed by atoms with Gasteiger partial charge in [0.2, 0.25) is 0 Å². The van der Waals surface area contributed by atoms with E-state index in [-0.39, 0.29) is 24.0 Å². The van der Waals surface area contributed by atoms with E-state index >= 15 is 0 Å². The molecule has 0 aromatic rings. The average Bonchev–Trinajstić information content (AvgIpc) is 2.92. The first-order valence-corrected chi connectivity index (χ1v) is 8.10. The van der Waals surface area contributed by atoms with Crippen molar-refractivity contribution in [2.75, 3.05) is 19.6 Å². The average molecular weight is 406 g/mol. The van der Waals surface area contributed by atoms with E-state index in [9.17, 15) is 0 Å². The third-order valence-electron chi connectivity index (χ3n) is 4.50. The molecule has 1 saturated heterocycles. The monoisotopic (exact) mass is 406 g/mol. The van der Waals surface area contributed by atoms with Gasteiger partial charge in [-0.25, -0.2) is 4.99 Å². The summed E-state index contributed by atoms with van der Waals surface area (Å²) >= 11 is 0. The lowest BCUT2D eigenvalue weighted by Crippen LogP contribution is -2.47. The van der Waals surface area contributed by atoms with Crippen LogP contribution in [-0.4, -0.2) is 42.6 Å². The molecule has 1 heterocycles. The molecular weight excluding hydrogens is 375 g/mol. The molecule has 4 nitrogen and oxygen atoms in total. The molecule has 0 aromatic carbocycles. The quantitative estimate of drug-likeness (QED) is 0.320. The van der Waals surface area contributed by atoms with Gasteiger partial charge in [0.05, 0.1) is 6.54 Å². The van der Waals surface area contributed by atoms with Crippen molar-refractivity contribution in [2.45, 2.75) is 64.0 Å². The van der Waals surface area contributed by atoms with E-state index in [0.717, 1.165) is 18.2 Å². The highest BCUT2D eigenvalue weighted by molar-refractivity contribution is 14.0. The predicted molar refractivity (Wildman–Crippen MR) is 101 cm³/mol. The Labute approximate surface area is 146 Å². The van der Waals surface area contributed by atoms with Crippen LogP contribution in [0.25, 0.3) is 0 Å². The molecule has 2 rings (SSSR count). The highest BCUT2D eigenvalue weighted by Crippen LogP contribution is 2.28. The summed E-state index contributed by atoms with van der Waals surface area (Å²) in [7, 11) is 0. The smallest absolute Gasteiger partial charge is 0.188 e. The summed E-state index contributed by atoms with van der Waals surface area (Å²) in [6.45, 7) is 8.63. The predicted octanol–water partition coefficient (Wildman–Crippen LogP) is 2.88. The van der Waals surface area contributed by atoms with E-state index in [1.165, 1.54) is 51.5 Å². The Bertz CT molecular complexity index is 350. The number of likely N-dealkylation sites (tertiary alicyclic amines) is 1. The standard InChI is InChI=1S/C16H30N4.HI/c1-13(2)11-18-16(17)19-12-15-9-6-10-20(15)14-7-4-3-5-8-14;/h14-15H,1,3-12H2,2H3,(H3,17,18,19);1H. The molecule has 0 radical (unpaired) electrons. The molecule has 1 aliphatic heterocycles. The van der Waals surface area contributed by atoms with Crippen LogP contribution in [0.1, 0.15) is 51.9 Å². The number of aliphatic imine (C=N–C) groups is 1. The highest BCUT2D eigenvalue weighted by atomic mass is 127. The summed E-state index contributed by atoms with van der Waals surface area (Å²) in [6.07, 6.45) is 9.62. The van der Waals surface area contributed by atoms with Crippen molar-refractivity contribution in [3.63, 3.8) is 0 Å². The molecule has 0 aromatic heterocycles. The van der Waals surface area contributed by atoms with Crippen LogP contribution in [0.15, 0.2) is 17.1 Å². The van der Waals surface area contributed by atoms with Gasteiger partial charge in [0, 0.05) is 18.6 Å². The fraction of sp³-hybridized carbons (Fsp3) is 0.812. The van der Waals surface area contributed by atoms with Crippen molar-refractivity contribution in [3.8, 4) is 0 Å². The highest BCUT2D eigenvalue weighted by Gasteiger charge is 2.31. The lowest BCUT2D eigenvalue weighted by atomic mass is 9.94. The topological polar surface area (TPSA) is 53.6 Å². The number of halogens is 1. The maximum atomic E-state index is 5.90. The van der Waals surface area contributed by atoms with Gasteiger partial charge < -0.3 is 11.1 Å². The molecule has 1 atom stereocenters. The number of nitrogens with zero attached hydrogens (tertiary/aromatic N) is 2. The number of nitrogens with two attached hydrogens (primary N) is 1. The van der Waals surface area contributed by atoms with Gasteiger partial charge in [0.25, 0.3) is 0 Å². The zero-order valence-electron chi connectivity index (χ0n) is 13.3. The summed E-state index contributed by atoms with van der Waals surface area (Å²) in [4.78, 5) is 7.01. The van der Waals surface area contributed by atoms with Crippen LogP contribution >= 0.6 is 24.0 Å². The molecule has 2 aliphatic rings. The maximum absolute atomic E-state index is 5.90. The van der Waals surface area contributed by atoms with Crippen molar-refractivity contribution in [2.24, 2.45) is 10.7 Å². The van der Waals surface area contributed by atoms with Gasteiger partial charge >= 0.3 is 0 Å². The zero-order valence-corrected chi connectivity index (χ0v) is 15.6. The first-order valence-electron chi connectivity index (χ1n) is 8.10. The van der Waals surface area contributed by atoms with E-state index in [2.05, 4.69) is 21.8 Å². The van der Waals surface area contributed by atoms with Crippen LogP contribution < -0.4 is 11.1 Å². The minimum atomic E-state index is 0. The molecule has 1 unspecified atom stereocenters. The van der Waals surface area contributed by atoms with Crippen LogP contribution in [-0.2, 0) is 0 Å². The number of hydrogen-bond donors (Lipinski definition) is 2. The summed E-state index contributed by atoms with van der Waals surface area (Å²) in [5, 5.41) is 3.29. The molecule has 21 heavy (non-hydrogen) atoms. The Morgan fingerprint density at radius 2 is 1.95 bits per heavy atom. The third kappa shape index (κ3) is 6.14. The van der Waals surface area contributed by atoms with E-state index in [1.54, 1.807) is 0 Å². The second-order valence-corrected chi connectivity index (χ2v) is 6.37. The molecule has 0 bridgehead atoms. The Kier molecular flexibility index (Phi) is 8.63. The third-order valence-corrected chi connectivity index (χ3v) is 4.50. The van der Waals surface area contributed by atoms with Gasteiger partial charge in [-0.15, -0.1) is 24.0 Å². The van der Waals surface area contributed by atoms with Gasteiger partial charge in [-0.3, -0.25) is 4.90 Å². The molecule has 1 aliphatic carbocycles. The summed E-state index contributed by atoms with van der Waals surface area (Å²) < 4.78 is 0. The maximum Gasteiger partial charge on any atom is 0.188 e. The van der Waals surface area contributed by atoms with Crippen LogP contribution in [0.3, 0.4) is 0 Å². The Morgan fingerprint density at radius 3 is 2.62 bits per heavy atom. The van der Waals surface area contributed by atoms with Crippen molar-refractivity contribution < 1.29 is 0 Å². The summed E-state index contributed by atoms with van der Waals surface area (Å²) in [5.41, 5.74) is 6.94. The first kappa shape index (κ1) is 18.7. The lowest BCUT2D eigenvalue weighted by Gasteiger charge is -2.35. The van der Waals surface area contributed by atoms with Crippen molar-refractivity contribution in [1.29, 1.82) is 0 Å². The van der Waals surface area contributed by atoms with Crippen molar-refractivity contribution in [3.05, 3.63) is 12.2 Å². The molecular formula is C16H31IN4. The fourth-order valence-electron chi connectivity index (χ4n) is 3.47. The zero-order chi connectivity index (χ0) is 14.4. The Morgan fingerprint density at radius 1 is 1.24 bits per heavy atom. The molecule has 3 N–H and O–H groups in total. The normalized spacial score (nSPS) is 24.6. The molecule has 1 saturated carbocycles. The number of hydrogen-bond acceptors (Lipinski definition) is 2. The van der Waals surface area contributed by atoms with Crippen LogP contribution in [0, 0.1) is 0 Å². The lowest BCUT2D eigenvalue weighted by molar-refractivity contribution is 0.143. The summed E-state index contributed by atoms with van der Waals surface area (Å²) in [6, 6.07) is 1.45. The summed E-state index contributed by atoms with van der Waals surface area (Å²) in [5.74, 6) is 0.559. The Hall–Kier alpha value is -0.300. The molecule has 0 amide bonds. The first-order chi connectivity index (χ1) is 9.66. The van der Waals surface area contributed by atoms with Gasteiger partial charge in [0.1, 0.15) is 0 Å². The van der Waals surface area contributed by atoms with E-state index in [4.69, 9.17) is 5.73 Å². The van der Waals surface area contributed by atoms with Crippen molar-refractivity contribution >= 4 is 29.9 Å². The molecule has 2 fully saturated rings. The van der Waals surface area contributed by atoms with Gasteiger partial charge in [-0.05, 0) is 39.2 Å². The molecule has 5 heteroatoms. The second kappa shape index (κ2) is 9.66. The number of guanidine groups is 1. The van der Waals surface area contributed by atoms with E-state index in [1.807, 2.05) is 6.92 Å². The number of rotatable bonds is 5. The Balaban J connectivity index is 0.00000220. The SMILES string of the molecule is C=C(C)CN=C(N)NCC1CCCN1C1CCCCC1.I. The van der Waals surface area contributed by atoms with E-state index in [0.29, 0.717) is 18.5 Å². The molecule has 122 valence electrons. The van der Waals surface area contributed by atoms with Crippen molar-refractivity contribution in [1.82, 2.24) is 10.2 Å². The van der Waals surface area contributed by atoms with Crippen LogP contribution in [0.4, 0.5) is 0 Å². The van der Waals surface area contributed by atoms with Crippen LogP contribution in [0.2, 0.25) is 0 Å². The van der Waals surface area contributed by atoms with E-state index < -0.39 is 0 Å². The van der Waals surface area contributed by atoms with Crippen LogP contribution in [0.5, 0.6) is 0 Å².